The Morgan fingerprint density at radius 3 is 1.87 bits per heavy atom. The Balaban J connectivity index is 2.11. The quantitative estimate of drug-likeness (QED) is 0.197. The number of amides is 3. The number of rotatable bonds is 15. The Labute approximate surface area is 319 Å². The van der Waals surface area contributed by atoms with Crippen molar-refractivity contribution < 1.29 is 66.7 Å². The monoisotopic (exact) mass is 771 g/mol. The molecule has 0 bridgehead atoms. The van der Waals surface area contributed by atoms with Crippen LogP contribution < -0.4 is 15.4 Å². The highest BCUT2D eigenvalue weighted by Gasteiger charge is 2.53. The van der Waals surface area contributed by atoms with Gasteiger partial charge in [0.15, 0.2) is 24.5 Å². The lowest BCUT2D eigenvalue weighted by Gasteiger charge is -2.45. The molecule has 0 aliphatic carbocycles. The molecule has 55 heavy (non-hydrogen) atoms. The second-order valence-corrected chi connectivity index (χ2v) is 13.7. The van der Waals surface area contributed by atoms with Gasteiger partial charge < -0.3 is 48.7 Å². The number of benzene rings is 2. The van der Waals surface area contributed by atoms with Crippen molar-refractivity contribution in [3.8, 4) is 5.75 Å². The topological polar surface area (TPSA) is 211 Å². The highest BCUT2D eigenvalue weighted by Crippen LogP contribution is 2.29. The Morgan fingerprint density at radius 2 is 1.33 bits per heavy atom. The van der Waals surface area contributed by atoms with E-state index in [0.717, 1.165) is 32.6 Å². The molecule has 0 radical (unpaired) electrons. The van der Waals surface area contributed by atoms with E-state index in [2.05, 4.69) is 10.6 Å². The minimum Gasteiger partial charge on any atom is -0.497 e. The molecule has 0 aromatic heterocycles. The van der Waals surface area contributed by atoms with Crippen LogP contribution in [0.1, 0.15) is 66.0 Å². The summed E-state index contributed by atoms with van der Waals surface area (Å²) in [4.78, 5) is 91.9. The van der Waals surface area contributed by atoms with Crippen LogP contribution in [0, 0.1) is 0 Å². The summed E-state index contributed by atoms with van der Waals surface area (Å²) in [6.07, 6.45) is -8.41. The van der Waals surface area contributed by atoms with Crippen molar-refractivity contribution in [2.45, 2.75) is 110 Å². The van der Waals surface area contributed by atoms with E-state index in [9.17, 15) is 33.6 Å². The molecule has 17 heteroatoms. The standard InChI is InChI=1S/C38H49N3O14/c1-22(42)50-21-30-32(52-23(2)43)33(53-24(3)44)34(54-25(4)45)36(55-30)39-35(47)29(18-31(46)51-20-27-12-10-9-11-13-27)41(37(48)40-38(5,6)7)19-26-14-16-28(49-8)17-15-26/h9-17,29-30,32-34,36H,18-21H2,1-8H3,(H,39,47)(H,40,48)/t29?,30-,32-,33+,34-,36-/m1/s1. The summed E-state index contributed by atoms with van der Waals surface area (Å²) in [6, 6.07) is 13.2. The summed E-state index contributed by atoms with van der Waals surface area (Å²) >= 11 is 0. The summed E-state index contributed by atoms with van der Waals surface area (Å²) < 4.78 is 38.4. The molecule has 3 amide bonds. The van der Waals surface area contributed by atoms with Gasteiger partial charge in [0.1, 0.15) is 31.1 Å². The molecule has 6 atom stereocenters. The first-order valence-electron chi connectivity index (χ1n) is 17.4. The van der Waals surface area contributed by atoms with Crippen molar-refractivity contribution in [3.05, 3.63) is 65.7 Å². The molecule has 0 saturated carbocycles. The largest absolute Gasteiger partial charge is 0.497 e. The van der Waals surface area contributed by atoms with Crippen molar-refractivity contribution in [1.82, 2.24) is 15.5 Å². The first-order chi connectivity index (χ1) is 25.9. The van der Waals surface area contributed by atoms with E-state index in [4.69, 9.17) is 33.2 Å². The van der Waals surface area contributed by atoms with Crippen LogP contribution in [0.25, 0.3) is 0 Å². The Hall–Kier alpha value is -5.71. The number of esters is 5. The van der Waals surface area contributed by atoms with Gasteiger partial charge in [-0.3, -0.25) is 28.8 Å². The molecule has 1 unspecified atom stereocenters. The molecule has 0 spiro atoms. The number of carbonyl (C=O) groups excluding carboxylic acids is 7. The number of urea groups is 1. The third-order valence-electron chi connectivity index (χ3n) is 7.81. The average molecular weight is 772 g/mol. The Bertz CT molecular complexity index is 1660. The van der Waals surface area contributed by atoms with Gasteiger partial charge in [-0.15, -0.1) is 0 Å². The van der Waals surface area contributed by atoms with E-state index in [0.29, 0.717) is 16.9 Å². The SMILES string of the molecule is COc1ccc(CN(C(=O)NC(C)(C)C)C(CC(=O)OCc2ccccc2)C(=O)N[C@@H]2O[C@H](COC(C)=O)[C@@H](OC(C)=O)[C@H](OC(C)=O)[C@H]2OC(C)=O)cc1. The van der Waals surface area contributed by atoms with Crippen molar-refractivity contribution in [3.63, 3.8) is 0 Å². The van der Waals surface area contributed by atoms with Crippen LogP contribution >= 0.6 is 0 Å². The number of ether oxygens (including phenoxy) is 7. The second kappa shape index (κ2) is 20.1. The van der Waals surface area contributed by atoms with Crippen LogP contribution in [0.2, 0.25) is 0 Å². The summed E-state index contributed by atoms with van der Waals surface area (Å²) in [6.45, 7) is 8.65. The van der Waals surface area contributed by atoms with E-state index >= 15 is 0 Å². The highest BCUT2D eigenvalue weighted by molar-refractivity contribution is 5.91. The molecule has 1 saturated heterocycles. The van der Waals surface area contributed by atoms with E-state index in [1.165, 1.54) is 7.11 Å². The molecular weight excluding hydrogens is 722 g/mol. The molecule has 1 heterocycles. The van der Waals surface area contributed by atoms with Crippen LogP contribution in [-0.4, -0.2) is 103 Å². The van der Waals surface area contributed by atoms with E-state index in [-0.39, 0.29) is 13.2 Å². The lowest BCUT2D eigenvalue weighted by Crippen LogP contribution is -2.67. The Kier molecular flexibility index (Phi) is 16.0. The van der Waals surface area contributed by atoms with E-state index < -0.39 is 97.0 Å². The van der Waals surface area contributed by atoms with Crippen LogP contribution in [-0.2, 0) is 70.3 Å². The van der Waals surface area contributed by atoms with E-state index in [1.807, 2.05) is 0 Å². The highest BCUT2D eigenvalue weighted by atomic mass is 16.7. The molecular formula is C38H49N3O14. The predicted molar refractivity (Wildman–Crippen MR) is 192 cm³/mol. The second-order valence-electron chi connectivity index (χ2n) is 13.7. The molecule has 1 aliphatic heterocycles. The van der Waals surface area contributed by atoms with Crippen LogP contribution in [0.4, 0.5) is 4.79 Å². The van der Waals surface area contributed by atoms with Gasteiger partial charge in [-0.05, 0) is 44.0 Å². The van der Waals surface area contributed by atoms with Crippen molar-refractivity contribution >= 4 is 41.8 Å². The van der Waals surface area contributed by atoms with Crippen molar-refractivity contribution in [1.29, 1.82) is 0 Å². The maximum Gasteiger partial charge on any atom is 0.318 e. The molecule has 300 valence electrons. The third kappa shape index (κ3) is 14.2. The zero-order valence-corrected chi connectivity index (χ0v) is 32.2. The normalized spacial score (nSPS) is 19.7. The van der Waals surface area contributed by atoms with Crippen molar-refractivity contribution in [2.24, 2.45) is 0 Å². The maximum absolute atomic E-state index is 14.6. The first-order valence-corrected chi connectivity index (χ1v) is 17.4. The van der Waals surface area contributed by atoms with Gasteiger partial charge in [0, 0.05) is 39.8 Å². The van der Waals surface area contributed by atoms with Crippen LogP contribution in [0.15, 0.2) is 54.6 Å². The smallest absolute Gasteiger partial charge is 0.318 e. The number of hydrogen-bond donors (Lipinski definition) is 2. The average Bonchev–Trinajstić information content (AvgIpc) is 3.09. The zero-order chi connectivity index (χ0) is 40.9. The molecule has 2 aromatic rings. The Morgan fingerprint density at radius 1 is 0.745 bits per heavy atom. The van der Waals surface area contributed by atoms with Gasteiger partial charge in [-0.25, -0.2) is 4.79 Å². The third-order valence-corrected chi connectivity index (χ3v) is 7.81. The number of carbonyl (C=O) groups is 7. The fourth-order valence-corrected chi connectivity index (χ4v) is 5.52. The molecule has 1 aliphatic rings. The molecule has 2 N–H and O–H groups in total. The minimum atomic E-state index is -1.68. The number of nitrogens with zero attached hydrogens (tertiary/aromatic N) is 1. The summed E-state index contributed by atoms with van der Waals surface area (Å²) in [5.41, 5.74) is 0.451. The van der Waals surface area contributed by atoms with Gasteiger partial charge in [0.05, 0.1) is 13.5 Å². The van der Waals surface area contributed by atoms with Gasteiger partial charge >= 0.3 is 35.9 Å². The summed E-state index contributed by atoms with van der Waals surface area (Å²) in [5.74, 6) is -4.61. The van der Waals surface area contributed by atoms with Gasteiger partial charge in [0.2, 0.25) is 5.91 Å². The van der Waals surface area contributed by atoms with E-state index in [1.54, 1.807) is 75.4 Å². The fraction of sp³-hybridized carbons (Fsp3) is 0.500. The van der Waals surface area contributed by atoms with Crippen LogP contribution in [0.3, 0.4) is 0 Å². The van der Waals surface area contributed by atoms with Gasteiger partial charge in [-0.1, -0.05) is 42.5 Å². The number of nitrogens with one attached hydrogen (secondary N) is 2. The summed E-state index contributed by atoms with van der Waals surface area (Å²) in [5, 5.41) is 5.42. The van der Waals surface area contributed by atoms with Gasteiger partial charge in [-0.2, -0.15) is 0 Å². The predicted octanol–water partition coefficient (Wildman–Crippen LogP) is 2.71. The number of hydrogen-bond acceptors (Lipinski definition) is 14. The summed E-state index contributed by atoms with van der Waals surface area (Å²) in [7, 11) is 1.49. The fourth-order valence-electron chi connectivity index (χ4n) is 5.52. The maximum atomic E-state index is 14.6. The molecule has 3 rings (SSSR count). The minimum absolute atomic E-state index is 0.125. The molecule has 2 aromatic carbocycles. The lowest BCUT2D eigenvalue weighted by molar-refractivity contribution is -0.257. The molecule has 17 nitrogen and oxygen atoms in total. The van der Waals surface area contributed by atoms with Crippen molar-refractivity contribution in [2.75, 3.05) is 13.7 Å². The number of methoxy groups -OCH3 is 1. The van der Waals surface area contributed by atoms with Gasteiger partial charge in [0.25, 0.3) is 0 Å². The first kappa shape index (κ1) is 43.7. The lowest BCUT2D eigenvalue weighted by atomic mass is 9.96. The van der Waals surface area contributed by atoms with Crippen LogP contribution in [0.5, 0.6) is 5.75 Å². The molecule has 1 fully saturated rings. The zero-order valence-electron chi connectivity index (χ0n) is 32.2.